The van der Waals surface area contributed by atoms with E-state index in [0.717, 1.165) is 19.3 Å². The first-order valence-electron chi connectivity index (χ1n) is 4.59. The van der Waals surface area contributed by atoms with Crippen LogP contribution in [0.1, 0.15) is 39.5 Å². The van der Waals surface area contributed by atoms with Crippen LogP contribution in [-0.2, 0) is 9.59 Å². The number of carbonyl (C=O) groups excluding carboxylic acids is 2. The topological polar surface area (TPSA) is 58.0 Å². The molecule has 0 bridgehead atoms. The van der Waals surface area contributed by atoms with Crippen molar-refractivity contribution in [2.24, 2.45) is 5.92 Å². The molecule has 0 saturated heterocycles. The van der Waals surface area contributed by atoms with E-state index in [1.807, 2.05) is 0 Å². The zero-order valence-electron chi connectivity index (χ0n) is 8.30. The molecule has 0 amide bonds. The van der Waals surface area contributed by atoms with Gasteiger partial charge in [0.25, 0.3) is 0 Å². The zero-order valence-corrected chi connectivity index (χ0v) is 8.30. The van der Waals surface area contributed by atoms with Crippen molar-refractivity contribution in [2.75, 3.05) is 0 Å². The third-order valence-electron chi connectivity index (χ3n) is 2.07. The Bertz CT molecular complexity index is 185. The van der Waals surface area contributed by atoms with E-state index >= 15 is 0 Å². The van der Waals surface area contributed by atoms with Gasteiger partial charge in [-0.2, -0.15) is 0 Å². The predicted octanol–water partition coefficient (Wildman–Crippen LogP) is 1.99. The highest BCUT2D eigenvalue weighted by atomic mass is 16.1. The first-order valence-corrected chi connectivity index (χ1v) is 4.59. The quantitative estimate of drug-likeness (QED) is 0.373. The van der Waals surface area contributed by atoms with Gasteiger partial charge in [0.05, 0.1) is 5.92 Å². The molecule has 0 spiro atoms. The van der Waals surface area contributed by atoms with Gasteiger partial charge in [-0.25, -0.2) is 0 Å². The van der Waals surface area contributed by atoms with E-state index in [0.29, 0.717) is 6.42 Å². The number of unbranched alkanes of at least 4 members (excludes halogenated alkanes) is 2. The summed E-state index contributed by atoms with van der Waals surface area (Å²) < 4.78 is 0. The average molecular weight is 183 g/mol. The first-order chi connectivity index (χ1) is 6.09. The molecule has 0 unspecified atom stereocenters. The van der Waals surface area contributed by atoms with Crippen molar-refractivity contribution in [3.05, 3.63) is 0 Å². The minimum atomic E-state index is -0.411. The first kappa shape index (κ1) is 12.0. The van der Waals surface area contributed by atoms with Gasteiger partial charge < -0.3 is 5.41 Å². The van der Waals surface area contributed by atoms with E-state index in [2.05, 4.69) is 0 Å². The fourth-order valence-electron chi connectivity index (χ4n) is 1.29. The van der Waals surface area contributed by atoms with Gasteiger partial charge in [0, 0.05) is 0 Å². The highest BCUT2D eigenvalue weighted by Crippen LogP contribution is 2.11. The minimum Gasteiger partial charge on any atom is -0.313 e. The maximum atomic E-state index is 11.0. The lowest BCUT2D eigenvalue weighted by Gasteiger charge is -2.08. The molecule has 0 fully saturated rings. The van der Waals surface area contributed by atoms with Gasteiger partial charge in [-0.1, -0.05) is 6.42 Å². The Hall–Kier alpha value is -0.990. The maximum absolute atomic E-state index is 11.0. The summed E-state index contributed by atoms with van der Waals surface area (Å²) in [7, 11) is 0. The second-order valence-electron chi connectivity index (χ2n) is 3.26. The molecule has 0 aliphatic rings. The van der Waals surface area contributed by atoms with Crippen molar-refractivity contribution in [3.63, 3.8) is 0 Å². The SMILES string of the molecule is CC(=O)C(CCCCC=N)C(C)=O. The van der Waals surface area contributed by atoms with Crippen LogP contribution in [0.15, 0.2) is 0 Å². The number of nitrogens with one attached hydrogen (secondary N) is 1. The Balaban J connectivity index is 3.77. The van der Waals surface area contributed by atoms with Crippen molar-refractivity contribution >= 4 is 17.8 Å². The predicted molar refractivity (Wildman–Crippen MR) is 52.1 cm³/mol. The second-order valence-corrected chi connectivity index (χ2v) is 3.26. The monoisotopic (exact) mass is 183 g/mol. The van der Waals surface area contributed by atoms with E-state index in [-0.39, 0.29) is 11.6 Å². The average Bonchev–Trinajstić information content (AvgIpc) is 2.02. The summed E-state index contributed by atoms with van der Waals surface area (Å²) in [5.74, 6) is -0.490. The highest BCUT2D eigenvalue weighted by molar-refractivity contribution is 6.00. The molecule has 0 aromatic heterocycles. The van der Waals surface area contributed by atoms with Crippen molar-refractivity contribution < 1.29 is 9.59 Å². The normalized spacial score (nSPS) is 10.1. The molecule has 13 heavy (non-hydrogen) atoms. The van der Waals surface area contributed by atoms with Gasteiger partial charge in [0.1, 0.15) is 11.6 Å². The molecule has 0 saturated carbocycles. The number of hydrogen-bond acceptors (Lipinski definition) is 3. The van der Waals surface area contributed by atoms with Gasteiger partial charge in [-0.3, -0.25) is 9.59 Å². The zero-order chi connectivity index (χ0) is 10.3. The Kier molecular flexibility index (Phi) is 6.02. The summed E-state index contributed by atoms with van der Waals surface area (Å²) in [5, 5.41) is 6.80. The third-order valence-corrected chi connectivity index (χ3v) is 2.07. The van der Waals surface area contributed by atoms with E-state index in [9.17, 15) is 9.59 Å². The number of carbonyl (C=O) groups is 2. The number of hydrogen-bond donors (Lipinski definition) is 1. The van der Waals surface area contributed by atoms with Crippen LogP contribution in [0.2, 0.25) is 0 Å². The van der Waals surface area contributed by atoms with E-state index < -0.39 is 5.92 Å². The standard InChI is InChI=1S/C10H17NO2/c1-8(12)10(9(2)13)6-4-3-5-7-11/h7,10-11H,3-6H2,1-2H3. The van der Waals surface area contributed by atoms with Crippen molar-refractivity contribution in [1.82, 2.24) is 0 Å². The van der Waals surface area contributed by atoms with Crippen molar-refractivity contribution in [3.8, 4) is 0 Å². The van der Waals surface area contributed by atoms with Crippen molar-refractivity contribution in [1.29, 1.82) is 5.41 Å². The van der Waals surface area contributed by atoms with E-state index in [1.54, 1.807) is 0 Å². The molecule has 0 rings (SSSR count). The fraction of sp³-hybridized carbons (Fsp3) is 0.700. The largest absolute Gasteiger partial charge is 0.313 e. The lowest BCUT2D eigenvalue weighted by atomic mass is 9.94. The Morgan fingerprint density at radius 2 is 1.77 bits per heavy atom. The summed E-state index contributed by atoms with van der Waals surface area (Å²) in [6, 6.07) is 0. The number of Topliss-reactive ketones (excluding diaryl/α,β-unsaturated/α-hetero) is 2. The lowest BCUT2D eigenvalue weighted by molar-refractivity contribution is -0.130. The lowest BCUT2D eigenvalue weighted by Crippen LogP contribution is -2.19. The van der Waals surface area contributed by atoms with E-state index in [1.165, 1.54) is 20.1 Å². The van der Waals surface area contributed by atoms with Crippen molar-refractivity contribution in [2.45, 2.75) is 39.5 Å². The molecule has 0 radical (unpaired) electrons. The van der Waals surface area contributed by atoms with E-state index in [4.69, 9.17) is 5.41 Å². The van der Waals surface area contributed by atoms with Crippen LogP contribution in [0.4, 0.5) is 0 Å². The molecule has 0 atom stereocenters. The number of ketones is 2. The molecule has 74 valence electrons. The molecule has 1 N–H and O–H groups in total. The van der Waals surface area contributed by atoms with Crippen LogP contribution in [0, 0.1) is 11.3 Å². The molecule has 0 heterocycles. The smallest absolute Gasteiger partial charge is 0.140 e. The van der Waals surface area contributed by atoms with Crippen LogP contribution in [0.5, 0.6) is 0 Å². The summed E-state index contributed by atoms with van der Waals surface area (Å²) in [6.45, 7) is 2.92. The van der Waals surface area contributed by atoms with Gasteiger partial charge in [-0.15, -0.1) is 0 Å². The molecule has 3 heteroatoms. The number of rotatable bonds is 7. The Morgan fingerprint density at radius 3 is 2.15 bits per heavy atom. The highest BCUT2D eigenvalue weighted by Gasteiger charge is 2.18. The van der Waals surface area contributed by atoms with Gasteiger partial charge in [0.2, 0.25) is 0 Å². The van der Waals surface area contributed by atoms with Gasteiger partial charge >= 0.3 is 0 Å². The summed E-state index contributed by atoms with van der Waals surface area (Å²) in [6.07, 6.45) is 4.47. The molecule has 0 aromatic carbocycles. The van der Waals surface area contributed by atoms with Crippen LogP contribution in [-0.4, -0.2) is 17.8 Å². The molecule has 3 nitrogen and oxygen atoms in total. The molecule has 0 aliphatic carbocycles. The third kappa shape index (κ3) is 5.28. The Morgan fingerprint density at radius 1 is 1.23 bits per heavy atom. The van der Waals surface area contributed by atoms with Gasteiger partial charge in [-0.05, 0) is 39.3 Å². The maximum Gasteiger partial charge on any atom is 0.140 e. The molecular weight excluding hydrogens is 166 g/mol. The van der Waals surface area contributed by atoms with Crippen LogP contribution in [0.25, 0.3) is 0 Å². The summed E-state index contributed by atoms with van der Waals surface area (Å²) in [5.41, 5.74) is 0. The molecular formula is C10H17NO2. The van der Waals surface area contributed by atoms with Gasteiger partial charge in [0.15, 0.2) is 0 Å². The minimum absolute atomic E-state index is 0.0395. The van der Waals surface area contributed by atoms with Crippen LogP contribution < -0.4 is 0 Å². The van der Waals surface area contributed by atoms with Crippen LogP contribution in [0.3, 0.4) is 0 Å². The second kappa shape index (κ2) is 6.52. The molecule has 0 aromatic rings. The summed E-state index contributed by atoms with van der Waals surface area (Å²) in [4.78, 5) is 22.0. The Labute approximate surface area is 79.0 Å². The fourth-order valence-corrected chi connectivity index (χ4v) is 1.29. The van der Waals surface area contributed by atoms with Crippen LogP contribution >= 0.6 is 0 Å². The molecule has 0 aliphatic heterocycles. The summed E-state index contributed by atoms with van der Waals surface area (Å²) >= 11 is 0.